The van der Waals surface area contributed by atoms with E-state index in [4.69, 9.17) is 13.8 Å². The lowest BCUT2D eigenvalue weighted by atomic mass is 9.87. The fourth-order valence-corrected chi connectivity index (χ4v) is 7.64. The van der Waals surface area contributed by atoms with Crippen LogP contribution in [0.4, 0.5) is 0 Å². The smallest absolute Gasteiger partial charge is 0.393 e. The van der Waals surface area contributed by atoms with Crippen molar-refractivity contribution in [3.05, 3.63) is 36.5 Å². The Morgan fingerprint density at radius 2 is 1.40 bits per heavy atom. The lowest BCUT2D eigenvalue weighted by Crippen LogP contribution is -2.45. The summed E-state index contributed by atoms with van der Waals surface area (Å²) in [5, 5.41) is 44.9. The largest absolute Gasteiger partial charge is 0.472 e. The molecule has 1 heterocycles. The number of rotatable bonds is 36. The van der Waals surface area contributed by atoms with Gasteiger partial charge in [0.2, 0.25) is 5.91 Å². The van der Waals surface area contributed by atoms with Crippen molar-refractivity contribution in [2.45, 2.75) is 198 Å². The Hall–Kier alpha value is -1.44. The highest BCUT2D eigenvalue weighted by molar-refractivity contribution is 7.47. The average molecular weight is 846 g/mol. The van der Waals surface area contributed by atoms with Crippen LogP contribution in [0.25, 0.3) is 0 Å². The normalized spacial score (nSPS) is 21.8. The molecule has 1 amide bonds. The molecule has 1 fully saturated rings. The predicted octanol–water partition coefficient (Wildman–Crippen LogP) is 8.41. The van der Waals surface area contributed by atoms with Crippen LogP contribution in [-0.4, -0.2) is 113 Å². The maximum atomic E-state index is 13.0. The molecule has 0 aliphatic carbocycles. The molecule has 6 N–H and O–H groups in total. The summed E-state index contributed by atoms with van der Waals surface area (Å²) in [6.45, 7) is 4.46. The number of unbranched alkanes of at least 4 members (excludes halogenated alkanes) is 16. The van der Waals surface area contributed by atoms with Crippen molar-refractivity contribution >= 4 is 13.7 Å². The molecule has 2 unspecified atom stereocenters. The van der Waals surface area contributed by atoms with Gasteiger partial charge in [-0.2, -0.15) is 0 Å². The van der Waals surface area contributed by atoms with Crippen LogP contribution in [0, 0.1) is 5.92 Å². The lowest BCUT2D eigenvalue weighted by molar-refractivity contribution is -0.870. The number of nitrogens with one attached hydrogen (secondary N) is 1. The minimum atomic E-state index is -4.42. The third-order valence-electron chi connectivity index (χ3n) is 10.6. The number of phosphoric acid groups is 1. The number of hydrogen-bond acceptors (Lipinski definition) is 9. The van der Waals surface area contributed by atoms with Gasteiger partial charge >= 0.3 is 7.82 Å². The van der Waals surface area contributed by atoms with E-state index in [-0.39, 0.29) is 31.3 Å². The van der Waals surface area contributed by atoms with Gasteiger partial charge in [-0.05, 0) is 38.5 Å². The van der Waals surface area contributed by atoms with E-state index in [0.717, 1.165) is 38.5 Å². The molecule has 1 aliphatic heterocycles. The van der Waals surface area contributed by atoms with Crippen molar-refractivity contribution in [2.75, 3.05) is 40.9 Å². The van der Waals surface area contributed by atoms with Crippen molar-refractivity contribution in [3.8, 4) is 0 Å². The van der Waals surface area contributed by atoms with Crippen molar-refractivity contribution in [3.63, 3.8) is 0 Å². The van der Waals surface area contributed by atoms with Gasteiger partial charge in [0.25, 0.3) is 0 Å². The highest BCUT2D eigenvalue weighted by Crippen LogP contribution is 2.43. The molecule has 13 heteroatoms. The maximum Gasteiger partial charge on any atom is 0.472 e. The van der Waals surface area contributed by atoms with Gasteiger partial charge in [-0.3, -0.25) is 13.8 Å². The number of amides is 1. The third-order valence-corrected chi connectivity index (χ3v) is 11.6. The second kappa shape index (κ2) is 33.2. The minimum Gasteiger partial charge on any atom is -0.393 e. The van der Waals surface area contributed by atoms with E-state index in [1.54, 1.807) is 18.2 Å². The molecule has 0 aromatic carbocycles. The number of ether oxygens (including phenoxy) is 1. The summed E-state index contributed by atoms with van der Waals surface area (Å²) >= 11 is 0. The summed E-state index contributed by atoms with van der Waals surface area (Å²) in [5.74, 6) is -0.613. The molecule has 58 heavy (non-hydrogen) atoms. The monoisotopic (exact) mass is 846 g/mol. The van der Waals surface area contributed by atoms with Crippen LogP contribution in [0.2, 0.25) is 0 Å². The number of aliphatic hydroxyl groups excluding tert-OH is 4. The molecule has 1 rings (SSSR count). The summed E-state index contributed by atoms with van der Waals surface area (Å²) in [4.78, 5) is 23.3. The molecular weight excluding hydrogens is 759 g/mol. The van der Waals surface area contributed by atoms with E-state index in [2.05, 4.69) is 19.2 Å². The number of carbonyl (C=O) groups is 1. The summed E-state index contributed by atoms with van der Waals surface area (Å²) in [6, 6.07) is -0.952. The first-order valence-corrected chi connectivity index (χ1v) is 24.3. The van der Waals surface area contributed by atoms with Gasteiger partial charge in [0, 0.05) is 18.8 Å². The predicted molar refractivity (Wildman–Crippen MR) is 234 cm³/mol. The number of allylic oxidation sites excluding steroid dienone is 3. The number of aliphatic hydroxyl groups is 4. The Bertz CT molecular complexity index is 1160. The van der Waals surface area contributed by atoms with Crippen molar-refractivity contribution < 1.29 is 52.9 Å². The fourth-order valence-electron chi connectivity index (χ4n) is 6.90. The Balaban J connectivity index is 2.60. The number of hydrogen-bond donors (Lipinski definition) is 6. The van der Waals surface area contributed by atoms with Crippen molar-refractivity contribution in [1.82, 2.24) is 5.32 Å². The topological polar surface area (TPSA) is 175 Å². The number of phosphoric ester groups is 1. The number of likely N-dealkylation sites (N-methyl/N-ethyl adjacent to an activating group) is 1. The number of carbonyl (C=O) groups excluding carboxylic acids is 1. The van der Waals surface area contributed by atoms with E-state index in [1.165, 1.54) is 70.6 Å². The van der Waals surface area contributed by atoms with Crippen molar-refractivity contribution in [2.24, 2.45) is 5.92 Å². The van der Waals surface area contributed by atoms with E-state index in [0.29, 0.717) is 36.7 Å². The summed E-state index contributed by atoms with van der Waals surface area (Å²) in [6.07, 6.45) is 29.6. The van der Waals surface area contributed by atoms with Gasteiger partial charge in [-0.15, -0.1) is 0 Å². The Kier molecular flexibility index (Phi) is 31.3. The van der Waals surface area contributed by atoms with Gasteiger partial charge in [-0.25, -0.2) is 4.57 Å². The second-order valence-corrected chi connectivity index (χ2v) is 18.8. The Labute approximate surface area is 352 Å². The molecule has 1 saturated heterocycles. The third kappa shape index (κ3) is 29.7. The van der Waals surface area contributed by atoms with Gasteiger partial charge < -0.3 is 39.9 Å². The number of nitrogens with zero attached hydrogens (tertiary/aromatic N) is 1. The first-order valence-electron chi connectivity index (χ1n) is 22.8. The van der Waals surface area contributed by atoms with E-state index in [1.807, 2.05) is 39.4 Å². The van der Waals surface area contributed by atoms with Crippen LogP contribution in [0.1, 0.15) is 162 Å². The molecule has 12 nitrogen and oxygen atoms in total. The van der Waals surface area contributed by atoms with E-state index >= 15 is 0 Å². The SMILES string of the molecule is CCCCCCCCCCCCCCC/C=C/[C@@H](O)[C@H](COP(=O)(O)OCC[N+](C)(C)C)NC(=O)CCC/C=C\C[C@H]1[C@@H](O)CC(O)O[C@@H]1/C=C/[C@@H](O)CCCCC. The van der Waals surface area contributed by atoms with Crippen molar-refractivity contribution in [1.29, 1.82) is 0 Å². The molecule has 0 radical (unpaired) electrons. The highest BCUT2D eigenvalue weighted by Gasteiger charge is 2.35. The number of quaternary nitrogens is 1. The average Bonchev–Trinajstić information content (AvgIpc) is 3.15. The summed E-state index contributed by atoms with van der Waals surface area (Å²) in [7, 11) is 1.40. The molecule has 0 bridgehead atoms. The molecule has 8 atom stereocenters. The van der Waals surface area contributed by atoms with Gasteiger partial charge in [0.1, 0.15) is 13.2 Å². The van der Waals surface area contributed by atoms with Crippen LogP contribution in [0.15, 0.2) is 36.5 Å². The van der Waals surface area contributed by atoms with Gasteiger partial charge in [-0.1, -0.05) is 147 Å². The standard InChI is InChI=1S/C45H85N2O10P/c1-6-8-10-11-12-13-14-15-16-17-18-19-20-21-26-30-41(49)40(37-56-58(53,54)55-35-34-47(3,4)5)46-44(51)31-27-23-22-25-29-39-42(50)36-45(52)57-43(39)33-32-38(48)28-24-9-7-2/h22,25-26,30,32-33,38-43,45,48-50,52H,6-21,23-24,27-29,31,34-37H2,1-5H3,(H-,46,51,53,54)/p+1/b25-22-,30-26+,33-32+/t38-,39-,40-,41+,42-,43+,45?/m0/s1. The minimum absolute atomic E-state index is 0.0116. The second-order valence-electron chi connectivity index (χ2n) is 17.3. The molecule has 0 spiro atoms. The molecule has 1 aliphatic rings. The van der Waals surface area contributed by atoms with Crippen LogP contribution in [0.5, 0.6) is 0 Å². The first kappa shape index (κ1) is 54.6. The summed E-state index contributed by atoms with van der Waals surface area (Å²) in [5.41, 5.74) is 0. The van der Waals surface area contributed by atoms with Crippen LogP contribution < -0.4 is 5.32 Å². The summed E-state index contributed by atoms with van der Waals surface area (Å²) < 4.78 is 29.2. The van der Waals surface area contributed by atoms with Gasteiger partial charge in [0.15, 0.2) is 6.29 Å². The molecule has 0 aromatic heterocycles. The molecule has 0 saturated carbocycles. The Morgan fingerprint density at radius 3 is 2.02 bits per heavy atom. The van der Waals surface area contributed by atoms with E-state index < -0.39 is 51.2 Å². The quantitative estimate of drug-likeness (QED) is 0.0156. The van der Waals surface area contributed by atoms with E-state index in [9.17, 15) is 34.7 Å². The highest BCUT2D eigenvalue weighted by atomic mass is 31.2. The first-order chi connectivity index (χ1) is 27.7. The Morgan fingerprint density at radius 1 is 0.810 bits per heavy atom. The molecule has 0 aromatic rings. The maximum absolute atomic E-state index is 13.0. The zero-order valence-electron chi connectivity index (χ0n) is 37.1. The fraction of sp³-hybridized carbons (Fsp3) is 0.844. The van der Waals surface area contributed by atoms with Crippen LogP contribution >= 0.6 is 7.82 Å². The molecular formula is C45H86N2O10P+. The lowest BCUT2D eigenvalue weighted by Gasteiger charge is -2.36. The zero-order valence-corrected chi connectivity index (χ0v) is 38.0. The van der Waals surface area contributed by atoms with Gasteiger partial charge in [0.05, 0.1) is 58.2 Å². The molecule has 340 valence electrons. The van der Waals surface area contributed by atoms with Crippen LogP contribution in [0.3, 0.4) is 0 Å². The van der Waals surface area contributed by atoms with Crippen LogP contribution in [-0.2, 0) is 23.1 Å². The zero-order chi connectivity index (χ0) is 43.1.